The number of alkyl halides is 1. The lowest BCUT2D eigenvalue weighted by molar-refractivity contribution is -0.0469. The number of aromatic amines is 1. The van der Waals surface area contributed by atoms with Crippen molar-refractivity contribution < 1.29 is 37.0 Å². The Balaban J connectivity index is 1.40. The SMILES string of the molecule is C[C@@H]1OP(O)(=S)O[C@@H]2[C@H](F)[C@@H](COP(O)(=S)OCCn3c1nc1cncnc13)O[C@H]2n1cnc2nc(N)[nH]c(=O)c21. The van der Waals surface area contributed by atoms with Crippen LogP contribution in [0.4, 0.5) is 10.3 Å². The molecule has 6 heterocycles. The van der Waals surface area contributed by atoms with Gasteiger partial charge in [-0.15, -0.1) is 0 Å². The van der Waals surface area contributed by atoms with Crippen LogP contribution in [0, 0.1) is 0 Å². The first kappa shape index (κ1) is 28.8. The van der Waals surface area contributed by atoms with E-state index in [4.69, 9.17) is 52.2 Å². The predicted octanol–water partition coefficient (Wildman–Crippen LogP) is 0.720. The average molecular weight is 650 g/mol. The summed E-state index contributed by atoms with van der Waals surface area (Å²) in [5.74, 6) is 0.0885. The second kappa shape index (κ2) is 10.7. The molecule has 5 N–H and O–H groups in total. The zero-order valence-corrected chi connectivity index (χ0v) is 24.3. The van der Waals surface area contributed by atoms with Gasteiger partial charge in [0.05, 0.1) is 19.4 Å². The molecule has 17 nitrogen and oxygen atoms in total. The highest BCUT2D eigenvalue weighted by Crippen LogP contribution is 2.54. The molecule has 0 aliphatic carbocycles. The smallest absolute Gasteiger partial charge is 0.325 e. The molecule has 0 spiro atoms. The van der Waals surface area contributed by atoms with Crippen LogP contribution < -0.4 is 11.3 Å². The molecule has 4 aromatic heterocycles. The molecule has 0 radical (unpaired) electrons. The van der Waals surface area contributed by atoms with Gasteiger partial charge in [-0.05, 0) is 30.5 Å². The fourth-order valence-electron chi connectivity index (χ4n) is 4.63. The number of H-pyrrole nitrogens is 1. The van der Waals surface area contributed by atoms with Crippen LogP contribution in [0.1, 0.15) is 25.1 Å². The van der Waals surface area contributed by atoms with Gasteiger partial charge in [-0.2, -0.15) is 4.98 Å². The molecule has 6 rings (SSSR count). The van der Waals surface area contributed by atoms with Crippen molar-refractivity contribution in [3.63, 3.8) is 0 Å². The van der Waals surface area contributed by atoms with E-state index >= 15 is 4.39 Å². The highest BCUT2D eigenvalue weighted by atomic mass is 32.5. The number of nitrogens with one attached hydrogen (secondary N) is 1. The van der Waals surface area contributed by atoms with Crippen LogP contribution in [0.5, 0.6) is 0 Å². The summed E-state index contributed by atoms with van der Waals surface area (Å²) >= 11 is 10.4. The zero-order valence-electron chi connectivity index (χ0n) is 20.9. The van der Waals surface area contributed by atoms with E-state index in [0.29, 0.717) is 11.2 Å². The maximum Gasteiger partial charge on any atom is 0.325 e. The number of nitrogens with zero attached hydrogens (tertiary/aromatic N) is 7. The van der Waals surface area contributed by atoms with Gasteiger partial charge in [0.25, 0.3) is 5.56 Å². The molecule has 7 atom stereocenters. The minimum absolute atomic E-state index is 0.0413. The molecule has 2 aliphatic rings. The third kappa shape index (κ3) is 5.57. The van der Waals surface area contributed by atoms with Gasteiger partial charge in [-0.25, -0.2) is 24.3 Å². The van der Waals surface area contributed by atoms with Crippen molar-refractivity contribution in [2.45, 2.75) is 44.2 Å². The summed E-state index contributed by atoms with van der Waals surface area (Å²) in [7, 11) is 0. The van der Waals surface area contributed by atoms with E-state index in [9.17, 15) is 14.6 Å². The summed E-state index contributed by atoms with van der Waals surface area (Å²) in [4.78, 5) is 57.5. The minimum atomic E-state index is -4.22. The summed E-state index contributed by atoms with van der Waals surface area (Å²) < 4.78 is 46.8. The summed E-state index contributed by atoms with van der Waals surface area (Å²) in [6.45, 7) is -7.13. The molecule has 220 valence electrons. The van der Waals surface area contributed by atoms with Crippen molar-refractivity contribution in [3.8, 4) is 0 Å². The molecular weight excluding hydrogens is 627 g/mol. The maximum atomic E-state index is 15.9. The second-order valence-corrected chi connectivity index (χ2v) is 14.6. The van der Waals surface area contributed by atoms with Crippen molar-refractivity contribution in [2.24, 2.45) is 0 Å². The first-order chi connectivity index (χ1) is 19.4. The van der Waals surface area contributed by atoms with Crippen LogP contribution in [-0.4, -0.2) is 80.4 Å². The third-order valence-corrected chi connectivity index (χ3v) is 9.54. The number of nitrogen functional groups attached to an aromatic ring is 1. The van der Waals surface area contributed by atoms with Gasteiger partial charge in [0, 0.05) is 6.54 Å². The van der Waals surface area contributed by atoms with Gasteiger partial charge in [0.15, 0.2) is 29.2 Å². The van der Waals surface area contributed by atoms with Gasteiger partial charge >= 0.3 is 13.4 Å². The fraction of sp³-hybridized carbons (Fsp3) is 0.474. The van der Waals surface area contributed by atoms with Crippen LogP contribution >= 0.6 is 13.4 Å². The number of hydrogen-bond donors (Lipinski definition) is 4. The van der Waals surface area contributed by atoms with Crippen LogP contribution in [0.15, 0.2) is 23.6 Å². The Labute approximate surface area is 239 Å². The van der Waals surface area contributed by atoms with Crippen LogP contribution in [0.2, 0.25) is 0 Å². The Bertz CT molecular complexity index is 1790. The Kier molecular flexibility index (Phi) is 7.53. The van der Waals surface area contributed by atoms with E-state index in [1.54, 1.807) is 11.5 Å². The number of anilines is 1. The average Bonchev–Trinajstić information content (AvgIpc) is 3.56. The van der Waals surface area contributed by atoms with E-state index in [2.05, 4.69) is 29.9 Å². The van der Waals surface area contributed by atoms with Gasteiger partial charge in [-0.1, -0.05) is 0 Å². The standard InChI is InChI=1S/C19H22FN9O8P2S2/c1-8-15-25-9-4-22-6-23-16(9)28(15)2-3-33-38(31,40)34-5-10-11(20)13(37-39(32,41)36-8)18(35-10)29-7-24-14-12(29)17(30)27-19(21)26-14/h4,6-8,10-11,13,18H,2-3,5H2,1H3,(H,31,40)(H,32,41)(H3,21,26,27,30)/t8-,10+,11+,13+,18+,38?,39?/m0/s1. The number of halogens is 1. The van der Waals surface area contributed by atoms with E-state index in [1.807, 2.05) is 0 Å². The number of hydrogen-bond acceptors (Lipinski definition) is 14. The van der Waals surface area contributed by atoms with Crippen molar-refractivity contribution in [3.05, 3.63) is 35.0 Å². The second-order valence-electron chi connectivity index (χ2n) is 9.02. The molecule has 1 saturated heterocycles. The van der Waals surface area contributed by atoms with Crippen molar-refractivity contribution in [1.29, 1.82) is 0 Å². The first-order valence-corrected chi connectivity index (χ1v) is 17.1. The molecular formula is C19H22FN9O8P2S2. The van der Waals surface area contributed by atoms with Gasteiger partial charge in [-0.3, -0.25) is 23.4 Å². The number of aromatic nitrogens is 8. The third-order valence-electron chi connectivity index (χ3n) is 6.32. The Morgan fingerprint density at radius 1 is 1.20 bits per heavy atom. The van der Waals surface area contributed by atoms with Crippen molar-refractivity contribution in [2.75, 3.05) is 18.9 Å². The predicted molar refractivity (Wildman–Crippen MR) is 146 cm³/mol. The number of imidazole rings is 2. The zero-order chi connectivity index (χ0) is 29.1. The molecule has 0 saturated carbocycles. The molecule has 2 unspecified atom stereocenters. The summed E-state index contributed by atoms with van der Waals surface area (Å²) in [5, 5.41) is 0. The number of rotatable bonds is 1. The lowest BCUT2D eigenvalue weighted by Crippen LogP contribution is -2.32. The monoisotopic (exact) mass is 649 g/mol. The fourth-order valence-corrected chi connectivity index (χ4v) is 7.52. The van der Waals surface area contributed by atoms with E-state index in [1.165, 1.54) is 23.4 Å². The van der Waals surface area contributed by atoms with Crippen molar-refractivity contribution >= 4 is 65.3 Å². The minimum Gasteiger partial charge on any atom is -0.369 e. The van der Waals surface area contributed by atoms with Crippen molar-refractivity contribution in [1.82, 2.24) is 39.0 Å². The largest absolute Gasteiger partial charge is 0.369 e. The molecule has 0 aromatic carbocycles. The van der Waals surface area contributed by atoms with E-state index in [0.717, 1.165) is 0 Å². The molecule has 4 aromatic rings. The molecule has 1 fully saturated rings. The van der Waals surface area contributed by atoms with Gasteiger partial charge in [0.1, 0.15) is 42.3 Å². The summed E-state index contributed by atoms with van der Waals surface area (Å²) in [5.41, 5.74) is 5.61. The Hall–Kier alpha value is -2.35. The Morgan fingerprint density at radius 2 is 2.00 bits per heavy atom. The lowest BCUT2D eigenvalue weighted by atomic mass is 10.1. The van der Waals surface area contributed by atoms with Crippen LogP contribution in [-0.2, 0) is 53.0 Å². The molecule has 22 heteroatoms. The number of fused-ring (bicyclic) bond motifs is 6. The van der Waals surface area contributed by atoms with Crippen LogP contribution in [0.25, 0.3) is 22.3 Å². The number of nitrogens with two attached hydrogens (primary N) is 1. The summed E-state index contributed by atoms with van der Waals surface area (Å²) in [6, 6.07) is 0. The van der Waals surface area contributed by atoms with Gasteiger partial charge < -0.3 is 33.9 Å². The highest BCUT2D eigenvalue weighted by molar-refractivity contribution is 8.07. The van der Waals surface area contributed by atoms with E-state index < -0.39 is 56.3 Å². The molecule has 2 bridgehead atoms. The molecule has 0 amide bonds. The first-order valence-electron chi connectivity index (χ1n) is 11.9. The number of ether oxygens (including phenoxy) is 1. The highest BCUT2D eigenvalue weighted by Gasteiger charge is 2.50. The summed E-state index contributed by atoms with van der Waals surface area (Å²) in [6.07, 6.45) is -3.45. The topological polar surface area (TPSA) is 220 Å². The molecule has 41 heavy (non-hydrogen) atoms. The molecule has 2 aliphatic heterocycles. The van der Waals surface area contributed by atoms with E-state index in [-0.39, 0.29) is 36.1 Å². The normalized spacial score (nSPS) is 33.4. The maximum absolute atomic E-state index is 15.9. The quantitative estimate of drug-likeness (QED) is 0.209. The lowest BCUT2D eigenvalue weighted by Gasteiger charge is -2.27. The Morgan fingerprint density at radius 3 is 2.80 bits per heavy atom. The van der Waals surface area contributed by atoms with Gasteiger partial charge in [0.2, 0.25) is 5.95 Å². The van der Waals surface area contributed by atoms with Crippen LogP contribution in [0.3, 0.4) is 0 Å².